The second-order valence-corrected chi connectivity index (χ2v) is 6.65. The van der Waals surface area contributed by atoms with Gasteiger partial charge in [0.05, 0.1) is 12.5 Å². The Bertz CT molecular complexity index is 650. The van der Waals surface area contributed by atoms with Crippen molar-refractivity contribution in [1.82, 2.24) is 0 Å². The van der Waals surface area contributed by atoms with Crippen LogP contribution in [0.4, 0.5) is 0 Å². The van der Waals surface area contributed by atoms with Gasteiger partial charge in [0.15, 0.2) is 0 Å². The topological polar surface area (TPSA) is 35.5 Å². The van der Waals surface area contributed by atoms with Crippen molar-refractivity contribution in [2.75, 3.05) is 6.61 Å². The third-order valence-electron chi connectivity index (χ3n) is 5.28. The van der Waals surface area contributed by atoms with Gasteiger partial charge < -0.3 is 9.47 Å². The highest BCUT2D eigenvalue weighted by molar-refractivity contribution is 5.79. The fraction of sp³-hybridized carbons (Fsp3) is 0.381. The Morgan fingerprint density at radius 2 is 1.42 bits per heavy atom. The van der Waals surface area contributed by atoms with Crippen molar-refractivity contribution >= 4 is 5.97 Å². The molecule has 3 atom stereocenters. The summed E-state index contributed by atoms with van der Waals surface area (Å²) in [6, 6.07) is 20.6. The molecule has 0 N–H and O–H groups in total. The summed E-state index contributed by atoms with van der Waals surface area (Å²) >= 11 is 0. The monoisotopic (exact) mass is 322 g/mol. The number of esters is 1. The lowest BCUT2D eigenvalue weighted by molar-refractivity contribution is -0.250. The third-order valence-corrected chi connectivity index (χ3v) is 5.28. The maximum Gasteiger partial charge on any atom is 0.312 e. The molecule has 3 fully saturated rings. The van der Waals surface area contributed by atoms with Gasteiger partial charge in [-0.3, -0.25) is 4.79 Å². The summed E-state index contributed by atoms with van der Waals surface area (Å²) < 4.78 is 11.5. The van der Waals surface area contributed by atoms with Gasteiger partial charge in [0.2, 0.25) is 6.29 Å². The number of carbonyl (C=O) groups excluding carboxylic acids is 1. The summed E-state index contributed by atoms with van der Waals surface area (Å²) in [6.07, 6.45) is 0.466. The van der Waals surface area contributed by atoms with Crippen molar-refractivity contribution in [2.45, 2.75) is 31.5 Å². The first-order valence-electron chi connectivity index (χ1n) is 8.73. The van der Waals surface area contributed by atoms with Crippen LogP contribution in [0.3, 0.4) is 0 Å². The lowest BCUT2D eigenvalue weighted by atomic mass is 9.51. The number of hydrogen-bond donors (Lipinski definition) is 0. The van der Waals surface area contributed by atoms with Crippen LogP contribution in [-0.4, -0.2) is 18.9 Å². The number of rotatable bonds is 5. The second-order valence-electron chi connectivity index (χ2n) is 6.65. The molecule has 2 heterocycles. The zero-order chi connectivity index (χ0) is 16.5. The maximum absolute atomic E-state index is 12.7. The molecule has 2 saturated heterocycles. The highest BCUT2D eigenvalue weighted by Crippen LogP contribution is 2.62. The largest absolute Gasteiger partial charge is 0.435 e. The molecule has 5 rings (SSSR count). The van der Waals surface area contributed by atoms with Crippen molar-refractivity contribution in [3.05, 3.63) is 71.8 Å². The summed E-state index contributed by atoms with van der Waals surface area (Å²) in [5.74, 6) is 0.311. The van der Waals surface area contributed by atoms with Gasteiger partial charge in [0, 0.05) is 17.8 Å². The highest BCUT2D eigenvalue weighted by atomic mass is 16.7. The summed E-state index contributed by atoms with van der Waals surface area (Å²) in [5.41, 5.74) is 2.42. The minimum Gasteiger partial charge on any atom is -0.435 e. The molecule has 1 aliphatic carbocycles. The van der Waals surface area contributed by atoms with Gasteiger partial charge in [-0.25, -0.2) is 0 Å². The Morgan fingerprint density at radius 3 is 1.92 bits per heavy atom. The van der Waals surface area contributed by atoms with Crippen LogP contribution in [0, 0.1) is 11.8 Å². The van der Waals surface area contributed by atoms with E-state index >= 15 is 0 Å². The average molecular weight is 322 g/mol. The fourth-order valence-electron chi connectivity index (χ4n) is 4.27. The van der Waals surface area contributed by atoms with Gasteiger partial charge in [-0.2, -0.15) is 0 Å². The first-order chi connectivity index (χ1) is 11.8. The molecule has 1 saturated carbocycles. The molecule has 2 bridgehead atoms. The van der Waals surface area contributed by atoms with Crippen LogP contribution in [0.25, 0.3) is 0 Å². The van der Waals surface area contributed by atoms with E-state index in [0.29, 0.717) is 6.61 Å². The zero-order valence-electron chi connectivity index (χ0n) is 13.8. The van der Waals surface area contributed by atoms with Gasteiger partial charge in [-0.1, -0.05) is 67.6 Å². The molecule has 0 spiro atoms. The highest BCUT2D eigenvalue weighted by Gasteiger charge is 2.63. The average Bonchev–Trinajstić information content (AvgIpc) is 2.61. The molecular weight excluding hydrogens is 300 g/mol. The minimum atomic E-state index is -0.446. The first-order valence-corrected chi connectivity index (χ1v) is 8.73. The molecule has 0 aromatic heterocycles. The Labute approximate surface area is 142 Å². The van der Waals surface area contributed by atoms with E-state index in [2.05, 4.69) is 31.2 Å². The van der Waals surface area contributed by atoms with E-state index in [0.717, 1.165) is 6.42 Å². The summed E-state index contributed by atoms with van der Waals surface area (Å²) in [7, 11) is 0. The van der Waals surface area contributed by atoms with E-state index in [-0.39, 0.29) is 29.6 Å². The quantitative estimate of drug-likeness (QED) is 0.777. The van der Waals surface area contributed by atoms with Crippen LogP contribution < -0.4 is 0 Å². The van der Waals surface area contributed by atoms with Crippen molar-refractivity contribution in [1.29, 1.82) is 0 Å². The van der Waals surface area contributed by atoms with Gasteiger partial charge in [-0.05, 0) is 17.5 Å². The van der Waals surface area contributed by atoms with Crippen LogP contribution in [0.15, 0.2) is 60.7 Å². The molecule has 3 nitrogen and oxygen atoms in total. The standard InChI is InChI=1S/C21H22O3/c1-2-13-23-21-19-16(14-9-5-3-6-10-14)18(20(22)24-21)17(19)15-11-7-4-8-12-15/h3-12,16-19,21H,2,13H2,1H3. The molecular formula is C21H22O3. The predicted molar refractivity (Wildman–Crippen MR) is 91.5 cm³/mol. The van der Waals surface area contributed by atoms with Gasteiger partial charge >= 0.3 is 5.97 Å². The lowest BCUT2D eigenvalue weighted by Crippen LogP contribution is -2.60. The third kappa shape index (κ3) is 2.44. The molecule has 0 amide bonds. The molecule has 3 heteroatoms. The summed E-state index contributed by atoms with van der Waals surface area (Å²) in [6.45, 7) is 2.68. The Balaban J connectivity index is 1.71. The van der Waals surface area contributed by atoms with Crippen LogP contribution in [0.2, 0.25) is 0 Å². The van der Waals surface area contributed by atoms with Gasteiger partial charge in [0.25, 0.3) is 0 Å². The van der Waals surface area contributed by atoms with Crippen molar-refractivity contribution in [3.63, 3.8) is 0 Å². The number of ether oxygens (including phenoxy) is 2. The Kier molecular flexibility index (Phi) is 4.11. The van der Waals surface area contributed by atoms with E-state index in [1.807, 2.05) is 36.4 Å². The maximum atomic E-state index is 12.7. The van der Waals surface area contributed by atoms with E-state index < -0.39 is 6.29 Å². The Hall–Kier alpha value is -2.13. The molecule has 2 aromatic carbocycles. The smallest absolute Gasteiger partial charge is 0.312 e. The predicted octanol–water partition coefficient (Wildman–Crippen LogP) is 4.11. The Morgan fingerprint density at radius 1 is 0.875 bits per heavy atom. The number of fused-ring (bicyclic) bond motifs is 2. The SMILES string of the molecule is CCCOC1OC(=O)C2C(c3ccccc3)C1C2c1ccccc1. The molecule has 3 aliphatic rings. The van der Waals surface area contributed by atoms with E-state index in [9.17, 15) is 4.79 Å². The molecule has 124 valence electrons. The van der Waals surface area contributed by atoms with Gasteiger partial charge in [0.1, 0.15) is 0 Å². The van der Waals surface area contributed by atoms with Crippen molar-refractivity contribution < 1.29 is 14.3 Å². The van der Waals surface area contributed by atoms with E-state index in [1.165, 1.54) is 11.1 Å². The molecule has 24 heavy (non-hydrogen) atoms. The summed E-state index contributed by atoms with van der Waals surface area (Å²) in [4.78, 5) is 12.7. The second kappa shape index (κ2) is 6.40. The molecule has 2 aliphatic heterocycles. The number of hydrogen-bond acceptors (Lipinski definition) is 3. The number of benzene rings is 2. The van der Waals surface area contributed by atoms with Crippen LogP contribution >= 0.6 is 0 Å². The molecule has 2 aromatic rings. The lowest BCUT2D eigenvalue weighted by Gasteiger charge is -2.57. The number of carbonyl (C=O) groups is 1. The first kappa shape index (κ1) is 15.4. The van der Waals surface area contributed by atoms with Crippen LogP contribution in [0.5, 0.6) is 0 Å². The summed E-state index contributed by atoms with van der Waals surface area (Å²) in [5, 5.41) is 0. The van der Waals surface area contributed by atoms with E-state index in [1.54, 1.807) is 0 Å². The van der Waals surface area contributed by atoms with Crippen molar-refractivity contribution in [3.8, 4) is 0 Å². The van der Waals surface area contributed by atoms with Gasteiger partial charge in [-0.15, -0.1) is 0 Å². The van der Waals surface area contributed by atoms with Crippen molar-refractivity contribution in [2.24, 2.45) is 11.8 Å². The fourth-order valence-corrected chi connectivity index (χ4v) is 4.27. The normalized spacial score (nSPS) is 31.2. The zero-order valence-corrected chi connectivity index (χ0v) is 13.8. The molecule has 3 unspecified atom stereocenters. The van der Waals surface area contributed by atoms with Crippen LogP contribution in [-0.2, 0) is 14.3 Å². The van der Waals surface area contributed by atoms with E-state index in [4.69, 9.17) is 9.47 Å². The molecule has 0 radical (unpaired) electrons. The van der Waals surface area contributed by atoms with Crippen LogP contribution in [0.1, 0.15) is 36.3 Å². The minimum absolute atomic E-state index is 0.110.